The van der Waals surface area contributed by atoms with Crippen LogP contribution < -0.4 is 22.1 Å². The van der Waals surface area contributed by atoms with Crippen molar-refractivity contribution in [3.05, 3.63) is 29.3 Å². The first kappa shape index (κ1) is 19.4. The van der Waals surface area contributed by atoms with E-state index in [1.54, 1.807) is 12.1 Å². The lowest BCUT2D eigenvalue weighted by Gasteiger charge is -2.60. The molecule has 6 N–H and O–H groups in total. The molecule has 0 saturated heterocycles. The Kier molecular flexibility index (Phi) is 4.80. The molecule has 1 heterocycles. The second kappa shape index (κ2) is 7.17. The van der Waals surface area contributed by atoms with Crippen molar-refractivity contribution in [2.24, 2.45) is 28.9 Å². The summed E-state index contributed by atoms with van der Waals surface area (Å²) in [5.74, 6) is 2.70. The summed E-state index contributed by atoms with van der Waals surface area (Å²) >= 11 is 0. The van der Waals surface area contributed by atoms with Crippen molar-refractivity contribution in [3.8, 4) is 0 Å². The molecule has 0 spiro atoms. The van der Waals surface area contributed by atoms with Crippen LogP contribution in [0.25, 0.3) is 0 Å². The van der Waals surface area contributed by atoms with Crippen molar-refractivity contribution in [1.82, 2.24) is 15.0 Å². The van der Waals surface area contributed by atoms with Crippen LogP contribution in [0.2, 0.25) is 0 Å². The number of primary amides is 1. The number of carbonyl (C=O) groups excluding carboxylic acids is 1. The number of nitrogens with zero attached hydrogens (tertiary/aromatic N) is 3. The molecule has 29 heavy (non-hydrogen) atoms. The summed E-state index contributed by atoms with van der Waals surface area (Å²) in [5.41, 5.74) is 13.8. The number of nitrogens with two attached hydrogens (primary N) is 2. The number of amides is 1. The van der Waals surface area contributed by atoms with Gasteiger partial charge in [0.15, 0.2) is 0 Å². The van der Waals surface area contributed by atoms with Crippen molar-refractivity contribution in [2.45, 2.75) is 40.0 Å². The van der Waals surface area contributed by atoms with E-state index >= 15 is 0 Å². The molecule has 1 aromatic heterocycles. The quantitative estimate of drug-likeness (QED) is 0.591. The molecule has 8 nitrogen and oxygen atoms in total. The molecular weight excluding hydrogens is 366 g/mol. The smallest absolute Gasteiger partial charge is 0.248 e. The highest BCUT2D eigenvalue weighted by molar-refractivity contribution is 5.94. The molecule has 3 fully saturated rings. The van der Waals surface area contributed by atoms with Gasteiger partial charge < -0.3 is 22.1 Å². The lowest BCUT2D eigenvalue weighted by molar-refractivity contribution is -0.100. The normalized spacial score (nSPS) is 24.4. The minimum absolute atomic E-state index is 0.140. The third kappa shape index (κ3) is 3.71. The van der Waals surface area contributed by atoms with Crippen molar-refractivity contribution in [3.63, 3.8) is 0 Å². The zero-order valence-electron chi connectivity index (χ0n) is 17.2. The molecule has 1 aromatic carbocycles. The van der Waals surface area contributed by atoms with Crippen LogP contribution in [-0.4, -0.2) is 27.4 Å². The Labute approximate surface area is 170 Å². The Morgan fingerprint density at radius 2 is 1.97 bits per heavy atom. The maximum absolute atomic E-state index is 11.5. The van der Waals surface area contributed by atoms with Gasteiger partial charge in [0.1, 0.15) is 0 Å². The minimum Gasteiger partial charge on any atom is -0.368 e. The topological polar surface area (TPSA) is 132 Å². The Hall–Kier alpha value is -2.90. The molecule has 5 rings (SSSR count). The summed E-state index contributed by atoms with van der Waals surface area (Å²) in [4.78, 5) is 24.3. The third-order valence-electron chi connectivity index (χ3n) is 6.94. The van der Waals surface area contributed by atoms with Gasteiger partial charge in [-0.3, -0.25) is 4.79 Å². The van der Waals surface area contributed by atoms with Crippen molar-refractivity contribution >= 4 is 29.4 Å². The van der Waals surface area contributed by atoms with Crippen LogP contribution in [0.4, 0.5) is 23.5 Å². The van der Waals surface area contributed by atoms with Crippen molar-refractivity contribution in [2.75, 3.05) is 22.9 Å². The predicted molar refractivity (Wildman–Crippen MR) is 114 cm³/mol. The van der Waals surface area contributed by atoms with Gasteiger partial charge in [-0.2, -0.15) is 15.0 Å². The standard InChI is InChI=1S/C21H29N7O/c1-11-4-5-12(17(22)29)8-16(11)25-20-27-18(23)26-19(28-20)24-10-13-6-7-14-9-15(13)21(14,2)3/h4-5,8,13-15H,6-7,9-10H2,1-3H3,(H2,22,29)(H4,23,24,25,26,27,28). The van der Waals surface area contributed by atoms with Gasteiger partial charge >= 0.3 is 0 Å². The van der Waals surface area contributed by atoms with Gasteiger partial charge in [0, 0.05) is 17.8 Å². The number of aromatic nitrogens is 3. The number of aryl methyl sites for hydroxylation is 1. The molecule has 154 valence electrons. The largest absolute Gasteiger partial charge is 0.368 e. The Bertz CT molecular complexity index is 941. The van der Waals surface area contributed by atoms with Crippen LogP contribution in [0.3, 0.4) is 0 Å². The molecule has 3 aliphatic carbocycles. The summed E-state index contributed by atoms with van der Waals surface area (Å²) in [6, 6.07) is 5.19. The first-order chi connectivity index (χ1) is 13.7. The molecular formula is C21H29N7O. The SMILES string of the molecule is Cc1ccc(C(N)=O)cc1Nc1nc(N)nc(NCC2CCC3CC2C3(C)C)n1. The lowest BCUT2D eigenvalue weighted by atomic mass is 9.45. The Balaban J connectivity index is 1.47. The Morgan fingerprint density at radius 1 is 1.21 bits per heavy atom. The van der Waals surface area contributed by atoms with Gasteiger partial charge in [-0.1, -0.05) is 19.9 Å². The third-order valence-corrected chi connectivity index (χ3v) is 6.94. The van der Waals surface area contributed by atoms with E-state index in [-0.39, 0.29) is 5.95 Å². The van der Waals surface area contributed by atoms with Crippen LogP contribution in [-0.2, 0) is 0 Å². The lowest BCUT2D eigenvalue weighted by Crippen LogP contribution is -2.53. The van der Waals surface area contributed by atoms with Gasteiger partial charge in [0.25, 0.3) is 0 Å². The summed E-state index contributed by atoms with van der Waals surface area (Å²) in [5, 5.41) is 6.49. The van der Waals surface area contributed by atoms with E-state index in [0.717, 1.165) is 23.9 Å². The van der Waals surface area contributed by atoms with Gasteiger partial charge in [-0.25, -0.2) is 0 Å². The van der Waals surface area contributed by atoms with E-state index in [1.807, 2.05) is 13.0 Å². The van der Waals surface area contributed by atoms with Crippen LogP contribution >= 0.6 is 0 Å². The van der Waals surface area contributed by atoms with Crippen molar-refractivity contribution in [1.29, 1.82) is 0 Å². The highest BCUT2D eigenvalue weighted by atomic mass is 16.1. The first-order valence-electron chi connectivity index (χ1n) is 10.2. The van der Waals surface area contributed by atoms with E-state index in [0.29, 0.717) is 34.5 Å². The Morgan fingerprint density at radius 3 is 2.66 bits per heavy atom. The summed E-state index contributed by atoms with van der Waals surface area (Å²) < 4.78 is 0. The fraction of sp³-hybridized carbons (Fsp3) is 0.524. The average molecular weight is 396 g/mol. The molecule has 0 aliphatic heterocycles. The molecule has 1 amide bonds. The fourth-order valence-electron chi connectivity index (χ4n) is 4.99. The molecule has 3 saturated carbocycles. The molecule has 2 bridgehead atoms. The predicted octanol–water partition coefficient (Wildman–Crippen LogP) is 3.09. The maximum Gasteiger partial charge on any atom is 0.248 e. The van der Waals surface area contributed by atoms with Gasteiger partial charge in [0.05, 0.1) is 0 Å². The van der Waals surface area contributed by atoms with Crippen LogP contribution in [0.15, 0.2) is 18.2 Å². The maximum atomic E-state index is 11.5. The number of anilines is 4. The summed E-state index contributed by atoms with van der Waals surface area (Å²) in [7, 11) is 0. The summed E-state index contributed by atoms with van der Waals surface area (Å²) in [6.07, 6.45) is 3.88. The molecule has 0 radical (unpaired) electrons. The van der Waals surface area contributed by atoms with E-state index in [2.05, 4.69) is 39.4 Å². The van der Waals surface area contributed by atoms with Gasteiger partial charge in [-0.05, 0) is 67.1 Å². The van der Waals surface area contributed by atoms with Crippen LogP contribution in [0.5, 0.6) is 0 Å². The molecule has 2 aromatic rings. The molecule has 3 aliphatic rings. The number of fused-ring (bicyclic) bond motifs is 2. The number of nitrogens with one attached hydrogen (secondary N) is 2. The molecule has 3 atom stereocenters. The van der Waals surface area contributed by atoms with E-state index in [4.69, 9.17) is 11.5 Å². The highest BCUT2D eigenvalue weighted by Gasteiger charge is 2.53. The second-order valence-corrected chi connectivity index (χ2v) is 8.94. The highest BCUT2D eigenvalue weighted by Crippen LogP contribution is 2.61. The number of hydrogen-bond acceptors (Lipinski definition) is 7. The number of benzene rings is 1. The van der Waals surface area contributed by atoms with E-state index in [9.17, 15) is 4.79 Å². The van der Waals surface area contributed by atoms with Gasteiger partial charge in [-0.15, -0.1) is 0 Å². The second-order valence-electron chi connectivity index (χ2n) is 8.94. The van der Waals surface area contributed by atoms with E-state index < -0.39 is 5.91 Å². The monoisotopic (exact) mass is 395 g/mol. The van der Waals surface area contributed by atoms with Crippen LogP contribution in [0, 0.1) is 30.1 Å². The number of hydrogen-bond donors (Lipinski definition) is 4. The minimum atomic E-state index is -0.487. The number of carbonyl (C=O) groups is 1. The zero-order chi connectivity index (χ0) is 20.8. The fourth-order valence-corrected chi connectivity index (χ4v) is 4.99. The summed E-state index contributed by atoms with van der Waals surface area (Å²) in [6.45, 7) is 7.54. The number of nitrogen functional groups attached to an aromatic ring is 1. The van der Waals surface area contributed by atoms with Gasteiger partial charge in [0.2, 0.25) is 23.8 Å². The van der Waals surface area contributed by atoms with Crippen molar-refractivity contribution < 1.29 is 4.79 Å². The molecule has 3 unspecified atom stereocenters. The van der Waals surface area contributed by atoms with Crippen LogP contribution in [0.1, 0.15) is 49.0 Å². The zero-order valence-corrected chi connectivity index (χ0v) is 17.2. The molecule has 8 heteroatoms. The first-order valence-corrected chi connectivity index (χ1v) is 10.2. The van der Waals surface area contributed by atoms with E-state index in [1.165, 1.54) is 19.3 Å². The number of rotatable bonds is 6. The average Bonchev–Trinajstić information content (AvgIpc) is 2.67.